The minimum atomic E-state index is -0.309. The summed E-state index contributed by atoms with van der Waals surface area (Å²) in [5.41, 5.74) is 10.8. The lowest BCUT2D eigenvalue weighted by Gasteiger charge is -2.57. The largest absolute Gasteiger partial charge is 0.493 e. The molecule has 0 spiro atoms. The third-order valence-electron chi connectivity index (χ3n) is 7.64. The summed E-state index contributed by atoms with van der Waals surface area (Å²) in [6, 6.07) is 10.5. The number of methoxy groups -OCH3 is 2. The van der Waals surface area contributed by atoms with Gasteiger partial charge in [0.2, 0.25) is 0 Å². The van der Waals surface area contributed by atoms with E-state index in [9.17, 15) is 9.90 Å². The summed E-state index contributed by atoms with van der Waals surface area (Å²) in [7, 11) is 4.83. The molecular weight excluding hydrogens is 482 g/mol. The molecular formula is C29H39N5O4. The number of aliphatic hydroxyl groups excluding tert-OH is 1. The van der Waals surface area contributed by atoms with Gasteiger partial charge < -0.3 is 30.5 Å². The standard InChI is InChI=1S/C29H39N5O4/c1-18-6-7-22(33-16-23-12-24(17-33)34(23)8-9-35)13-25(18)29(36)32-19(2)20-10-26(21(14-30)15-31-3)28(38-5)27(11-20)37-4/h6-7,10-11,13-15,19,23-24,35H,8-9,12,16-17,30H2,1-5H3,(H,32,36)/t19-,23-,24+/m1/s1. The lowest BCUT2D eigenvalue weighted by molar-refractivity contribution is -0.0122. The first kappa shape index (κ1) is 27.5. The quantitative estimate of drug-likeness (QED) is 0.412. The van der Waals surface area contributed by atoms with Crippen molar-refractivity contribution < 1.29 is 19.4 Å². The van der Waals surface area contributed by atoms with Crippen LogP contribution in [0.15, 0.2) is 41.5 Å². The Morgan fingerprint density at radius 3 is 2.55 bits per heavy atom. The molecule has 204 valence electrons. The van der Waals surface area contributed by atoms with E-state index in [2.05, 4.69) is 26.2 Å². The van der Waals surface area contributed by atoms with E-state index in [4.69, 9.17) is 15.2 Å². The zero-order valence-corrected chi connectivity index (χ0v) is 22.9. The Hall–Kier alpha value is -3.56. The lowest BCUT2D eigenvalue weighted by Crippen LogP contribution is -2.69. The van der Waals surface area contributed by atoms with Crippen LogP contribution in [0.3, 0.4) is 0 Å². The third kappa shape index (κ3) is 5.35. The number of carbonyl (C=O) groups is 1. The summed E-state index contributed by atoms with van der Waals surface area (Å²) in [6.07, 6.45) is 4.30. The van der Waals surface area contributed by atoms with Crippen molar-refractivity contribution >= 4 is 23.4 Å². The third-order valence-corrected chi connectivity index (χ3v) is 7.64. The summed E-state index contributed by atoms with van der Waals surface area (Å²) < 4.78 is 11.2. The van der Waals surface area contributed by atoms with Crippen LogP contribution < -0.4 is 25.4 Å². The van der Waals surface area contributed by atoms with Gasteiger partial charge in [-0.05, 0) is 55.7 Å². The summed E-state index contributed by atoms with van der Waals surface area (Å²) in [5.74, 6) is 0.955. The van der Waals surface area contributed by atoms with Crippen LogP contribution >= 0.6 is 0 Å². The molecule has 3 atom stereocenters. The van der Waals surface area contributed by atoms with Crippen LogP contribution in [0.25, 0.3) is 5.57 Å². The number of nitrogens with two attached hydrogens (primary N) is 1. The first-order valence-corrected chi connectivity index (χ1v) is 13.0. The average Bonchev–Trinajstić information content (AvgIpc) is 2.93. The van der Waals surface area contributed by atoms with Gasteiger partial charge >= 0.3 is 0 Å². The van der Waals surface area contributed by atoms with E-state index < -0.39 is 0 Å². The maximum atomic E-state index is 13.5. The lowest BCUT2D eigenvalue weighted by atomic mass is 9.87. The Kier molecular flexibility index (Phi) is 8.58. The maximum absolute atomic E-state index is 13.5. The van der Waals surface area contributed by atoms with Crippen LogP contribution in [-0.4, -0.2) is 81.7 Å². The summed E-state index contributed by atoms with van der Waals surface area (Å²) in [6.45, 7) is 6.63. The number of nitrogens with zero attached hydrogens (tertiary/aromatic N) is 3. The van der Waals surface area contributed by atoms with Crippen LogP contribution in [0.1, 0.15) is 46.4 Å². The van der Waals surface area contributed by atoms with Gasteiger partial charge in [-0.3, -0.25) is 14.7 Å². The van der Waals surface area contributed by atoms with Crippen LogP contribution in [0.4, 0.5) is 5.69 Å². The SMILES string of the molecule is CN=CC(=CN)c1cc([C@@H](C)NC(=O)c2cc(N3C[C@H]4C[C@@H](C3)N4CCO)ccc2C)cc(OC)c1OC. The number of rotatable bonds is 10. The number of aliphatic imine (C=N–C) groups is 1. The second kappa shape index (κ2) is 11.9. The smallest absolute Gasteiger partial charge is 0.252 e. The predicted octanol–water partition coefficient (Wildman–Crippen LogP) is 2.76. The van der Waals surface area contributed by atoms with E-state index in [1.807, 2.05) is 38.1 Å². The normalized spacial score (nSPS) is 20.3. The number of benzene rings is 2. The van der Waals surface area contributed by atoms with Crippen molar-refractivity contribution in [1.29, 1.82) is 0 Å². The van der Waals surface area contributed by atoms with Crippen molar-refractivity contribution in [2.75, 3.05) is 52.4 Å². The number of fused-ring (bicyclic) bond motifs is 2. The molecule has 9 nitrogen and oxygen atoms in total. The minimum absolute atomic E-state index is 0.137. The van der Waals surface area contributed by atoms with E-state index in [1.54, 1.807) is 27.5 Å². The maximum Gasteiger partial charge on any atom is 0.252 e. The van der Waals surface area contributed by atoms with Gasteiger partial charge in [-0.1, -0.05) is 6.07 Å². The van der Waals surface area contributed by atoms with Crippen molar-refractivity contribution in [2.24, 2.45) is 10.7 Å². The molecule has 0 saturated carbocycles. The Labute approximate surface area is 224 Å². The van der Waals surface area contributed by atoms with Crippen molar-refractivity contribution in [3.8, 4) is 11.5 Å². The van der Waals surface area contributed by atoms with Gasteiger partial charge in [0.05, 0.1) is 26.9 Å². The number of aliphatic hydroxyl groups is 1. The molecule has 3 fully saturated rings. The van der Waals surface area contributed by atoms with Gasteiger partial charge in [-0.25, -0.2) is 0 Å². The Morgan fingerprint density at radius 2 is 1.95 bits per heavy atom. The van der Waals surface area contributed by atoms with Crippen molar-refractivity contribution in [1.82, 2.24) is 10.2 Å². The zero-order chi connectivity index (χ0) is 27.4. The molecule has 3 saturated heterocycles. The number of anilines is 1. The number of ether oxygens (including phenoxy) is 2. The molecule has 0 radical (unpaired) electrons. The highest BCUT2D eigenvalue weighted by atomic mass is 16.5. The molecule has 3 heterocycles. The van der Waals surface area contributed by atoms with Crippen molar-refractivity contribution in [2.45, 2.75) is 38.4 Å². The number of nitrogens with one attached hydrogen (secondary N) is 1. The van der Waals surface area contributed by atoms with Crippen LogP contribution in [0.5, 0.6) is 11.5 Å². The number of amides is 1. The topological polar surface area (TPSA) is 113 Å². The molecule has 38 heavy (non-hydrogen) atoms. The molecule has 0 aromatic heterocycles. The molecule has 2 bridgehead atoms. The first-order valence-electron chi connectivity index (χ1n) is 13.0. The number of allylic oxidation sites excluding steroid dienone is 1. The molecule has 3 aliphatic heterocycles. The molecule has 3 aliphatic rings. The van der Waals surface area contributed by atoms with Crippen LogP contribution in [-0.2, 0) is 0 Å². The second-order valence-electron chi connectivity index (χ2n) is 9.92. The Balaban J connectivity index is 1.55. The van der Waals surface area contributed by atoms with Gasteiger partial charge in [0.15, 0.2) is 11.5 Å². The number of piperazine rings is 1. The molecule has 4 N–H and O–H groups in total. The van der Waals surface area contributed by atoms with Crippen molar-refractivity contribution in [3.63, 3.8) is 0 Å². The fourth-order valence-corrected chi connectivity index (χ4v) is 5.58. The van der Waals surface area contributed by atoms with Gasteiger partial charge in [0, 0.05) is 73.6 Å². The molecule has 2 aromatic carbocycles. The van der Waals surface area contributed by atoms with Gasteiger partial charge in [-0.2, -0.15) is 0 Å². The highest BCUT2D eigenvalue weighted by molar-refractivity contribution is 6.11. The molecule has 5 rings (SSSR count). The van der Waals surface area contributed by atoms with Gasteiger partial charge in [0.1, 0.15) is 0 Å². The summed E-state index contributed by atoms with van der Waals surface area (Å²) >= 11 is 0. The first-order chi connectivity index (χ1) is 18.3. The Morgan fingerprint density at radius 1 is 1.21 bits per heavy atom. The van der Waals surface area contributed by atoms with Crippen LogP contribution in [0.2, 0.25) is 0 Å². The molecule has 9 heteroatoms. The number of aryl methyl sites for hydroxylation is 1. The number of hydrogen-bond acceptors (Lipinski definition) is 8. The van der Waals surface area contributed by atoms with E-state index in [0.717, 1.165) is 42.0 Å². The van der Waals surface area contributed by atoms with Gasteiger partial charge in [-0.15, -0.1) is 0 Å². The second-order valence-corrected chi connectivity index (χ2v) is 9.92. The van der Waals surface area contributed by atoms with E-state index in [-0.39, 0.29) is 18.6 Å². The number of carbonyl (C=O) groups excluding carboxylic acids is 1. The highest BCUT2D eigenvalue weighted by Gasteiger charge is 2.44. The fraction of sp³-hybridized carbons (Fsp3) is 0.448. The number of piperidine rings is 1. The van der Waals surface area contributed by atoms with E-state index in [1.165, 1.54) is 12.6 Å². The van der Waals surface area contributed by atoms with Gasteiger partial charge in [0.25, 0.3) is 5.91 Å². The molecule has 2 aromatic rings. The van der Waals surface area contributed by atoms with Crippen LogP contribution in [0, 0.1) is 6.92 Å². The number of hydrogen-bond donors (Lipinski definition) is 3. The Bertz CT molecular complexity index is 1220. The van der Waals surface area contributed by atoms with Crippen molar-refractivity contribution in [3.05, 3.63) is 58.8 Å². The summed E-state index contributed by atoms with van der Waals surface area (Å²) in [5, 5.41) is 12.5. The molecule has 0 aliphatic carbocycles. The minimum Gasteiger partial charge on any atom is -0.493 e. The fourth-order valence-electron chi connectivity index (χ4n) is 5.58. The highest BCUT2D eigenvalue weighted by Crippen LogP contribution is 2.38. The van der Waals surface area contributed by atoms with E-state index >= 15 is 0 Å². The predicted molar refractivity (Wildman–Crippen MR) is 151 cm³/mol. The average molecular weight is 522 g/mol. The molecule has 1 amide bonds. The summed E-state index contributed by atoms with van der Waals surface area (Å²) in [4.78, 5) is 22.3. The monoisotopic (exact) mass is 521 g/mol. The molecule has 0 unspecified atom stereocenters. The zero-order valence-electron chi connectivity index (χ0n) is 22.9. The van der Waals surface area contributed by atoms with E-state index in [0.29, 0.717) is 34.7 Å².